The number of carbonyl (C=O) groups excluding carboxylic acids is 2. The van der Waals surface area contributed by atoms with Gasteiger partial charge in [0.05, 0.1) is 0 Å². The van der Waals surface area contributed by atoms with Crippen LogP contribution in [0.2, 0.25) is 0 Å². The molecule has 1 aromatic heterocycles. The summed E-state index contributed by atoms with van der Waals surface area (Å²) in [6.45, 7) is 1.34. The van der Waals surface area contributed by atoms with E-state index < -0.39 is 6.03 Å². The fourth-order valence-corrected chi connectivity index (χ4v) is 0.911. The molecule has 3 N–H and O–H groups in total. The summed E-state index contributed by atoms with van der Waals surface area (Å²) < 4.78 is 1.08. The zero-order chi connectivity index (χ0) is 10.0. The van der Waals surface area contributed by atoms with Crippen molar-refractivity contribution in [2.24, 2.45) is 0 Å². The smallest absolute Gasteiger partial charge is 0.328 e. The van der Waals surface area contributed by atoms with Crippen LogP contribution in [0.25, 0.3) is 0 Å². The molecular weight excluding hydrogens is 172 g/mol. The van der Waals surface area contributed by atoms with Crippen molar-refractivity contribution >= 4 is 17.6 Å². The van der Waals surface area contributed by atoms with Gasteiger partial charge in [-0.1, -0.05) is 0 Å². The van der Waals surface area contributed by atoms with Gasteiger partial charge < -0.3 is 11.1 Å². The standard InChI is InChI=1S/C7H10N4O2/c1-4(12)5-6(8)11(3-10-5)7(13)9-2/h3H,8H2,1-2H3,(H,9,13). The molecule has 0 bridgehead atoms. The highest BCUT2D eigenvalue weighted by Gasteiger charge is 2.14. The average molecular weight is 182 g/mol. The summed E-state index contributed by atoms with van der Waals surface area (Å²) in [4.78, 5) is 25.7. The highest BCUT2D eigenvalue weighted by Crippen LogP contribution is 2.09. The van der Waals surface area contributed by atoms with Crippen LogP contribution in [0.4, 0.5) is 10.6 Å². The third kappa shape index (κ3) is 1.51. The second kappa shape index (κ2) is 3.26. The molecule has 0 unspecified atom stereocenters. The Hall–Kier alpha value is -1.85. The summed E-state index contributed by atoms with van der Waals surface area (Å²) in [5.74, 6) is -0.202. The molecule has 0 aliphatic heterocycles. The van der Waals surface area contributed by atoms with Gasteiger partial charge in [0.25, 0.3) is 0 Å². The minimum absolute atomic E-state index is 0.0619. The van der Waals surface area contributed by atoms with Gasteiger partial charge in [0.1, 0.15) is 17.8 Å². The van der Waals surface area contributed by atoms with Gasteiger partial charge >= 0.3 is 6.03 Å². The van der Waals surface area contributed by atoms with Crippen molar-refractivity contribution in [1.82, 2.24) is 14.9 Å². The predicted octanol–water partition coefficient (Wildman–Crippen LogP) is -0.145. The number of rotatable bonds is 1. The van der Waals surface area contributed by atoms with Crippen molar-refractivity contribution in [2.45, 2.75) is 6.92 Å². The lowest BCUT2D eigenvalue weighted by Crippen LogP contribution is -2.25. The van der Waals surface area contributed by atoms with E-state index in [9.17, 15) is 9.59 Å². The van der Waals surface area contributed by atoms with E-state index in [2.05, 4.69) is 10.3 Å². The number of Topliss-reactive ketones (excluding diaryl/α,β-unsaturated/α-hetero) is 1. The van der Waals surface area contributed by atoms with Crippen LogP contribution in [-0.4, -0.2) is 28.4 Å². The van der Waals surface area contributed by atoms with Crippen molar-refractivity contribution in [2.75, 3.05) is 12.8 Å². The van der Waals surface area contributed by atoms with Crippen molar-refractivity contribution in [3.63, 3.8) is 0 Å². The van der Waals surface area contributed by atoms with Gasteiger partial charge in [0.15, 0.2) is 5.78 Å². The number of nitrogens with two attached hydrogens (primary N) is 1. The number of nitrogens with zero attached hydrogens (tertiary/aromatic N) is 2. The molecule has 0 saturated carbocycles. The van der Waals surface area contributed by atoms with E-state index in [0.29, 0.717) is 0 Å². The number of anilines is 1. The Labute approximate surface area is 74.7 Å². The molecule has 0 spiro atoms. The van der Waals surface area contributed by atoms with Gasteiger partial charge in [0.2, 0.25) is 0 Å². The Bertz CT molecular complexity index is 355. The molecule has 0 saturated heterocycles. The van der Waals surface area contributed by atoms with E-state index >= 15 is 0 Å². The Morgan fingerprint density at radius 3 is 2.62 bits per heavy atom. The first kappa shape index (κ1) is 9.24. The number of amides is 1. The molecule has 70 valence electrons. The molecular formula is C7H10N4O2. The van der Waals surface area contributed by atoms with Crippen LogP contribution in [-0.2, 0) is 0 Å². The van der Waals surface area contributed by atoms with E-state index in [-0.39, 0.29) is 17.3 Å². The summed E-state index contributed by atoms with van der Waals surface area (Å²) in [5.41, 5.74) is 5.61. The van der Waals surface area contributed by atoms with Crippen molar-refractivity contribution in [1.29, 1.82) is 0 Å². The monoisotopic (exact) mass is 182 g/mol. The molecule has 6 heteroatoms. The topological polar surface area (TPSA) is 90.0 Å². The Balaban J connectivity index is 3.13. The molecule has 0 aromatic carbocycles. The van der Waals surface area contributed by atoms with E-state index in [0.717, 1.165) is 4.57 Å². The fourth-order valence-electron chi connectivity index (χ4n) is 0.911. The van der Waals surface area contributed by atoms with Crippen LogP contribution in [0.3, 0.4) is 0 Å². The molecule has 0 radical (unpaired) electrons. The van der Waals surface area contributed by atoms with Gasteiger partial charge in [0, 0.05) is 14.0 Å². The first-order valence-corrected chi connectivity index (χ1v) is 3.63. The average Bonchev–Trinajstić information content (AvgIpc) is 2.46. The van der Waals surface area contributed by atoms with Crippen LogP contribution in [0.5, 0.6) is 0 Å². The van der Waals surface area contributed by atoms with Gasteiger partial charge in [-0.2, -0.15) is 0 Å². The SMILES string of the molecule is CNC(=O)n1cnc(C(C)=O)c1N. The Kier molecular flexibility index (Phi) is 2.32. The second-order valence-corrected chi connectivity index (χ2v) is 2.46. The molecule has 1 aromatic rings. The maximum atomic E-state index is 11.1. The van der Waals surface area contributed by atoms with Gasteiger partial charge in [-0.05, 0) is 0 Å². The molecule has 13 heavy (non-hydrogen) atoms. The maximum Gasteiger partial charge on any atom is 0.328 e. The van der Waals surface area contributed by atoms with Gasteiger partial charge in [-0.15, -0.1) is 0 Å². The van der Waals surface area contributed by atoms with Crippen LogP contribution in [0.15, 0.2) is 6.33 Å². The predicted molar refractivity (Wildman–Crippen MR) is 46.5 cm³/mol. The van der Waals surface area contributed by atoms with E-state index in [1.807, 2.05) is 0 Å². The lowest BCUT2D eigenvalue weighted by Gasteiger charge is -2.01. The third-order valence-corrected chi connectivity index (χ3v) is 1.57. The molecule has 0 atom stereocenters. The zero-order valence-corrected chi connectivity index (χ0v) is 7.37. The highest BCUT2D eigenvalue weighted by atomic mass is 16.2. The summed E-state index contributed by atoms with van der Waals surface area (Å²) >= 11 is 0. The van der Waals surface area contributed by atoms with Crippen LogP contribution in [0.1, 0.15) is 17.4 Å². The molecule has 1 rings (SSSR count). The number of hydrogen-bond donors (Lipinski definition) is 2. The van der Waals surface area contributed by atoms with Gasteiger partial charge in [-0.3, -0.25) is 4.79 Å². The first-order valence-electron chi connectivity index (χ1n) is 3.63. The van der Waals surface area contributed by atoms with Gasteiger partial charge in [-0.25, -0.2) is 14.3 Å². The first-order chi connectivity index (χ1) is 6.07. The Morgan fingerprint density at radius 1 is 1.62 bits per heavy atom. The maximum absolute atomic E-state index is 11.1. The summed E-state index contributed by atoms with van der Waals surface area (Å²) in [5, 5.41) is 2.37. The Morgan fingerprint density at radius 2 is 2.23 bits per heavy atom. The minimum atomic E-state index is -0.419. The highest BCUT2D eigenvalue weighted by molar-refractivity contribution is 5.98. The van der Waals surface area contributed by atoms with Crippen molar-refractivity contribution < 1.29 is 9.59 Å². The number of aromatic nitrogens is 2. The fraction of sp³-hybridized carbons (Fsp3) is 0.286. The zero-order valence-electron chi connectivity index (χ0n) is 7.37. The van der Waals surface area contributed by atoms with E-state index in [1.54, 1.807) is 0 Å². The van der Waals surface area contributed by atoms with Crippen LogP contribution >= 0.6 is 0 Å². The van der Waals surface area contributed by atoms with E-state index in [1.165, 1.54) is 20.3 Å². The second-order valence-electron chi connectivity index (χ2n) is 2.46. The lowest BCUT2D eigenvalue weighted by molar-refractivity contribution is 0.101. The number of nitrogens with one attached hydrogen (secondary N) is 1. The molecule has 0 aliphatic carbocycles. The lowest BCUT2D eigenvalue weighted by atomic mass is 10.3. The molecule has 0 fully saturated rings. The number of ketones is 1. The van der Waals surface area contributed by atoms with Crippen LogP contribution in [0, 0.1) is 0 Å². The van der Waals surface area contributed by atoms with Crippen molar-refractivity contribution in [3.8, 4) is 0 Å². The quantitative estimate of drug-likeness (QED) is 0.591. The summed E-state index contributed by atoms with van der Waals surface area (Å²) in [6, 6.07) is -0.419. The molecule has 0 aliphatic rings. The normalized spacial score (nSPS) is 9.69. The number of nitrogen functional groups attached to an aromatic ring is 1. The van der Waals surface area contributed by atoms with E-state index in [4.69, 9.17) is 5.73 Å². The van der Waals surface area contributed by atoms with Crippen molar-refractivity contribution in [3.05, 3.63) is 12.0 Å². The minimum Gasteiger partial charge on any atom is -0.383 e. The largest absolute Gasteiger partial charge is 0.383 e. The van der Waals surface area contributed by atoms with Crippen LogP contribution < -0.4 is 11.1 Å². The molecule has 1 heterocycles. The summed E-state index contributed by atoms with van der Waals surface area (Å²) in [6.07, 6.45) is 1.21. The number of carbonyl (C=O) groups is 2. The molecule has 1 amide bonds. The summed E-state index contributed by atoms with van der Waals surface area (Å²) in [7, 11) is 1.47. The number of hydrogen-bond acceptors (Lipinski definition) is 4. The third-order valence-electron chi connectivity index (χ3n) is 1.57. The number of imidazole rings is 1. The molecule has 6 nitrogen and oxygen atoms in total.